The van der Waals surface area contributed by atoms with Crippen molar-refractivity contribution in [3.8, 4) is 11.8 Å². The molecule has 41 heavy (non-hydrogen) atoms. The van der Waals surface area contributed by atoms with Gasteiger partial charge in [-0.05, 0) is 42.8 Å². The average molecular weight is 554 g/mol. The maximum absolute atomic E-state index is 15.0. The molecule has 10 heteroatoms. The van der Waals surface area contributed by atoms with E-state index in [0.29, 0.717) is 47.7 Å². The van der Waals surface area contributed by atoms with Crippen LogP contribution < -0.4 is 26.0 Å². The Bertz CT molecular complexity index is 1680. The van der Waals surface area contributed by atoms with Crippen LogP contribution in [0, 0.1) is 17.7 Å². The molecular formula is C31H32FN7O2. The minimum absolute atomic E-state index is 0.223. The summed E-state index contributed by atoms with van der Waals surface area (Å²) in [7, 11) is 0. The molecule has 4 heterocycles. The lowest BCUT2D eigenvalue weighted by Gasteiger charge is -2.30. The topological polar surface area (TPSA) is 87.6 Å². The molecule has 0 aliphatic carbocycles. The number of hydrogen-bond acceptors (Lipinski definition) is 8. The Morgan fingerprint density at radius 3 is 2.59 bits per heavy atom. The molecule has 0 bridgehead atoms. The van der Waals surface area contributed by atoms with Gasteiger partial charge in [0.05, 0.1) is 31.0 Å². The van der Waals surface area contributed by atoms with Crippen LogP contribution in [-0.2, 0) is 11.3 Å². The number of pyridine rings is 1. The first-order valence-corrected chi connectivity index (χ1v) is 13.9. The van der Waals surface area contributed by atoms with Crippen LogP contribution in [0.1, 0.15) is 18.1 Å². The SMILES string of the molecule is CC#Cc1cc2cnc(Nc3ccc(N4CCNCC4)c(F)c3)nc2n(Cc2ccccc2N2CCOCC2)c1=O. The maximum Gasteiger partial charge on any atom is 0.268 e. The van der Waals surface area contributed by atoms with Gasteiger partial charge in [0.2, 0.25) is 5.95 Å². The lowest BCUT2D eigenvalue weighted by atomic mass is 10.1. The first-order chi connectivity index (χ1) is 20.1. The highest BCUT2D eigenvalue weighted by atomic mass is 19.1. The molecule has 2 aliphatic rings. The standard InChI is InChI=1S/C31H32FN7O2/c1-2-5-22-18-24-20-34-31(35-25-8-9-28(26(32)19-25)37-12-10-33-11-13-37)36-29(24)39(30(22)40)21-23-6-3-4-7-27(23)38-14-16-41-17-15-38/h3-4,6-9,18-20,33H,10-17,21H2,1H3,(H,34,35,36). The molecule has 2 saturated heterocycles. The van der Waals surface area contributed by atoms with Crippen LogP contribution in [0.5, 0.6) is 0 Å². The molecule has 2 aromatic heterocycles. The minimum atomic E-state index is -0.308. The van der Waals surface area contributed by atoms with Gasteiger partial charge in [0.15, 0.2) is 0 Å². The number of anilines is 4. The summed E-state index contributed by atoms with van der Waals surface area (Å²) >= 11 is 0. The van der Waals surface area contributed by atoms with Crippen LogP contribution in [0.3, 0.4) is 0 Å². The van der Waals surface area contributed by atoms with Gasteiger partial charge in [0, 0.05) is 62.2 Å². The van der Waals surface area contributed by atoms with E-state index < -0.39 is 0 Å². The number of nitrogens with one attached hydrogen (secondary N) is 2. The molecule has 2 fully saturated rings. The van der Waals surface area contributed by atoms with E-state index in [1.165, 1.54) is 6.07 Å². The second kappa shape index (κ2) is 12.0. The van der Waals surface area contributed by atoms with Gasteiger partial charge in [0.1, 0.15) is 11.5 Å². The van der Waals surface area contributed by atoms with Crippen LogP contribution in [0.15, 0.2) is 59.5 Å². The molecule has 9 nitrogen and oxygen atoms in total. The monoisotopic (exact) mass is 553 g/mol. The summed E-state index contributed by atoms with van der Waals surface area (Å²) in [5.74, 6) is 5.74. The Hall–Kier alpha value is -4.46. The van der Waals surface area contributed by atoms with Gasteiger partial charge in [0.25, 0.3) is 5.56 Å². The van der Waals surface area contributed by atoms with Gasteiger partial charge in [-0.15, -0.1) is 5.92 Å². The van der Waals surface area contributed by atoms with E-state index >= 15 is 4.39 Å². The average Bonchev–Trinajstić information content (AvgIpc) is 3.01. The van der Waals surface area contributed by atoms with Gasteiger partial charge >= 0.3 is 0 Å². The number of rotatable bonds is 6. The normalized spacial score (nSPS) is 15.5. The number of piperazine rings is 1. The molecule has 6 rings (SSSR count). The summed E-state index contributed by atoms with van der Waals surface area (Å²) in [5, 5.41) is 7.10. The third-order valence-electron chi connectivity index (χ3n) is 7.42. The summed E-state index contributed by atoms with van der Waals surface area (Å²) in [5.41, 5.74) is 3.81. The molecule has 4 aromatic rings. The van der Waals surface area contributed by atoms with E-state index in [-0.39, 0.29) is 17.3 Å². The first kappa shape index (κ1) is 26.7. The molecule has 2 aromatic carbocycles. The molecule has 0 amide bonds. The fourth-order valence-electron chi connectivity index (χ4n) is 5.39. The van der Waals surface area contributed by atoms with Crippen molar-refractivity contribution in [3.05, 3.63) is 82.0 Å². The Kier molecular flexibility index (Phi) is 7.80. The largest absolute Gasteiger partial charge is 0.378 e. The van der Waals surface area contributed by atoms with Crippen molar-refractivity contribution in [1.82, 2.24) is 19.9 Å². The molecule has 2 N–H and O–H groups in total. The first-order valence-electron chi connectivity index (χ1n) is 13.9. The van der Waals surface area contributed by atoms with E-state index in [2.05, 4.69) is 38.4 Å². The maximum atomic E-state index is 15.0. The molecule has 210 valence electrons. The molecule has 2 aliphatic heterocycles. The minimum Gasteiger partial charge on any atom is -0.378 e. The highest BCUT2D eigenvalue weighted by molar-refractivity contribution is 5.78. The van der Waals surface area contributed by atoms with Crippen LogP contribution >= 0.6 is 0 Å². The number of benzene rings is 2. The number of hydrogen-bond donors (Lipinski definition) is 2. The third-order valence-corrected chi connectivity index (χ3v) is 7.42. The van der Waals surface area contributed by atoms with Crippen LogP contribution in [0.4, 0.5) is 27.4 Å². The highest BCUT2D eigenvalue weighted by Gasteiger charge is 2.18. The molecule has 0 spiro atoms. The number of aromatic nitrogens is 3. The Morgan fingerprint density at radius 2 is 1.80 bits per heavy atom. The van der Waals surface area contributed by atoms with Gasteiger partial charge < -0.3 is 25.2 Å². The summed E-state index contributed by atoms with van der Waals surface area (Å²) in [6.45, 7) is 8.09. The van der Waals surface area contributed by atoms with E-state index in [9.17, 15) is 4.79 Å². The molecular weight excluding hydrogens is 521 g/mol. The molecule has 0 radical (unpaired) electrons. The zero-order valence-corrected chi connectivity index (χ0v) is 23.0. The van der Waals surface area contributed by atoms with Crippen LogP contribution in [0.2, 0.25) is 0 Å². The van der Waals surface area contributed by atoms with Crippen molar-refractivity contribution in [3.63, 3.8) is 0 Å². The number of nitrogens with zero attached hydrogens (tertiary/aromatic N) is 5. The van der Waals surface area contributed by atoms with Crippen molar-refractivity contribution in [2.75, 3.05) is 67.6 Å². The number of fused-ring (bicyclic) bond motifs is 1. The predicted molar refractivity (Wildman–Crippen MR) is 160 cm³/mol. The zero-order valence-electron chi connectivity index (χ0n) is 23.0. The molecule has 0 unspecified atom stereocenters. The van der Waals surface area contributed by atoms with Gasteiger partial charge in [-0.3, -0.25) is 9.36 Å². The Morgan fingerprint density at radius 1 is 1.02 bits per heavy atom. The van der Waals surface area contributed by atoms with Gasteiger partial charge in [-0.2, -0.15) is 4.98 Å². The summed E-state index contributed by atoms with van der Waals surface area (Å²) in [6, 6.07) is 14.9. The van der Waals surface area contributed by atoms with Crippen molar-refractivity contribution < 1.29 is 9.13 Å². The third kappa shape index (κ3) is 5.73. The van der Waals surface area contributed by atoms with E-state index in [1.807, 2.05) is 29.2 Å². The summed E-state index contributed by atoms with van der Waals surface area (Å²) in [6.07, 6.45) is 1.67. The van der Waals surface area contributed by atoms with Crippen molar-refractivity contribution in [2.24, 2.45) is 0 Å². The van der Waals surface area contributed by atoms with Crippen LogP contribution in [0.25, 0.3) is 11.0 Å². The second-order valence-electron chi connectivity index (χ2n) is 10.1. The lowest BCUT2D eigenvalue weighted by Crippen LogP contribution is -2.43. The fraction of sp³-hybridized carbons (Fsp3) is 0.323. The zero-order chi connectivity index (χ0) is 28.2. The number of halogens is 1. The van der Waals surface area contributed by atoms with Crippen LogP contribution in [-0.4, -0.2) is 67.0 Å². The molecule has 0 saturated carbocycles. The van der Waals surface area contributed by atoms with Crippen molar-refractivity contribution in [2.45, 2.75) is 13.5 Å². The number of para-hydroxylation sites is 1. The quantitative estimate of drug-likeness (QED) is 0.352. The highest BCUT2D eigenvalue weighted by Crippen LogP contribution is 2.26. The van der Waals surface area contributed by atoms with Gasteiger partial charge in [-0.25, -0.2) is 9.37 Å². The predicted octanol–water partition coefficient (Wildman–Crippen LogP) is 3.34. The number of ether oxygens (including phenoxy) is 1. The van der Waals surface area contributed by atoms with E-state index in [1.54, 1.807) is 29.8 Å². The smallest absolute Gasteiger partial charge is 0.268 e. The lowest BCUT2D eigenvalue weighted by molar-refractivity contribution is 0.122. The fourth-order valence-corrected chi connectivity index (χ4v) is 5.39. The van der Waals surface area contributed by atoms with E-state index in [0.717, 1.165) is 50.5 Å². The van der Waals surface area contributed by atoms with Crippen molar-refractivity contribution >= 4 is 34.0 Å². The molecule has 0 atom stereocenters. The number of morpholine rings is 1. The second-order valence-corrected chi connectivity index (χ2v) is 10.1. The summed E-state index contributed by atoms with van der Waals surface area (Å²) < 4.78 is 22.2. The van der Waals surface area contributed by atoms with Gasteiger partial charge in [-0.1, -0.05) is 24.1 Å². The summed E-state index contributed by atoms with van der Waals surface area (Å²) in [4.78, 5) is 27.2. The Balaban J connectivity index is 1.36. The van der Waals surface area contributed by atoms with Crippen molar-refractivity contribution in [1.29, 1.82) is 0 Å². The Labute approximate surface area is 238 Å². The van der Waals surface area contributed by atoms with E-state index in [4.69, 9.17) is 9.72 Å².